The summed E-state index contributed by atoms with van der Waals surface area (Å²) >= 11 is 0. The maximum atomic E-state index is 12.8. The fraction of sp³-hybridized carbons (Fsp3) is 0.263. The highest BCUT2D eigenvalue weighted by atomic mass is 32.2. The van der Waals surface area contributed by atoms with Crippen molar-refractivity contribution in [1.82, 2.24) is 20.3 Å². The molecule has 2 heterocycles. The number of aliphatic hydroxyl groups is 2. The molecule has 1 fully saturated rings. The number of azide groups is 1. The van der Waals surface area contributed by atoms with Crippen LogP contribution < -0.4 is 5.32 Å². The molecule has 160 valence electrons. The third kappa shape index (κ3) is 3.90. The number of sulfone groups is 1. The zero-order valence-corrected chi connectivity index (χ0v) is 17.1. The number of nitrogens with zero attached hydrogens (tertiary/aromatic N) is 6. The molecule has 3 N–H and O–H groups in total. The van der Waals surface area contributed by atoms with E-state index in [0.29, 0.717) is 17.1 Å². The van der Waals surface area contributed by atoms with Crippen LogP contribution in [0.25, 0.3) is 16.1 Å². The summed E-state index contributed by atoms with van der Waals surface area (Å²) in [6.07, 6.45) is -0.290. The van der Waals surface area contributed by atoms with Crippen LogP contribution >= 0.6 is 0 Å². The van der Waals surface area contributed by atoms with Crippen LogP contribution in [0.15, 0.2) is 69.6 Å². The molecular weight excluding hydrogens is 422 g/mol. The molecule has 3 aromatic rings. The van der Waals surface area contributed by atoms with Crippen LogP contribution in [-0.4, -0.2) is 51.9 Å². The molecule has 4 atom stereocenters. The van der Waals surface area contributed by atoms with Crippen LogP contribution in [-0.2, 0) is 9.84 Å². The van der Waals surface area contributed by atoms with Crippen LogP contribution in [0.5, 0.6) is 0 Å². The highest BCUT2D eigenvalue weighted by Crippen LogP contribution is 2.27. The van der Waals surface area contributed by atoms with Crippen molar-refractivity contribution in [2.75, 3.05) is 0 Å². The van der Waals surface area contributed by atoms with E-state index in [4.69, 9.17) is 5.53 Å². The summed E-state index contributed by atoms with van der Waals surface area (Å²) in [4.78, 5) is 2.84. The molecule has 0 aliphatic carbocycles. The molecule has 0 unspecified atom stereocenters. The molecule has 12 heteroatoms. The zero-order valence-electron chi connectivity index (χ0n) is 16.3. The number of hydrogen-bond donors (Lipinski definition) is 3. The number of aromatic nitrogens is 3. The van der Waals surface area contributed by atoms with Gasteiger partial charge in [-0.3, -0.25) is 0 Å². The van der Waals surface area contributed by atoms with E-state index >= 15 is 0 Å². The Hall–Kier alpha value is -3.28. The SMILES string of the molecule is C[C@@H]1N[C@@H](c2cn(-c3ccc(S(=O)(=O)c4ccc(N=[N+]=[N-])cc4)cc3)nn2)[C@H](O)[C@@H]1O. The van der Waals surface area contributed by atoms with Gasteiger partial charge in [-0.15, -0.1) is 5.10 Å². The van der Waals surface area contributed by atoms with Crippen LogP contribution in [0.1, 0.15) is 18.7 Å². The molecule has 31 heavy (non-hydrogen) atoms. The van der Waals surface area contributed by atoms with E-state index in [0.717, 1.165) is 0 Å². The minimum Gasteiger partial charge on any atom is -0.389 e. The first-order valence-electron chi connectivity index (χ1n) is 9.36. The molecule has 1 aromatic heterocycles. The summed E-state index contributed by atoms with van der Waals surface area (Å²) in [5.74, 6) is 0. The number of benzene rings is 2. The van der Waals surface area contributed by atoms with E-state index in [-0.39, 0.29) is 15.8 Å². The Balaban J connectivity index is 1.56. The molecule has 2 aromatic carbocycles. The fourth-order valence-electron chi connectivity index (χ4n) is 3.44. The quantitative estimate of drug-likeness (QED) is 0.308. The largest absolute Gasteiger partial charge is 0.389 e. The second-order valence-electron chi connectivity index (χ2n) is 7.18. The van der Waals surface area contributed by atoms with Gasteiger partial charge in [0.05, 0.1) is 33.8 Å². The molecule has 11 nitrogen and oxygen atoms in total. The molecular formula is C19H19N7O4S. The molecule has 4 rings (SSSR count). The van der Waals surface area contributed by atoms with Crippen molar-refractivity contribution in [1.29, 1.82) is 0 Å². The van der Waals surface area contributed by atoms with Gasteiger partial charge in [-0.1, -0.05) is 22.5 Å². The topological polar surface area (TPSA) is 166 Å². The predicted molar refractivity (Wildman–Crippen MR) is 109 cm³/mol. The van der Waals surface area contributed by atoms with E-state index in [1.54, 1.807) is 25.3 Å². The third-order valence-electron chi connectivity index (χ3n) is 5.19. The zero-order chi connectivity index (χ0) is 22.2. The van der Waals surface area contributed by atoms with Crippen molar-refractivity contribution in [3.8, 4) is 5.69 Å². The van der Waals surface area contributed by atoms with Gasteiger partial charge in [-0.05, 0) is 48.9 Å². The van der Waals surface area contributed by atoms with Gasteiger partial charge in [0.25, 0.3) is 0 Å². The van der Waals surface area contributed by atoms with Gasteiger partial charge < -0.3 is 15.5 Å². The van der Waals surface area contributed by atoms with E-state index in [1.807, 2.05) is 0 Å². The summed E-state index contributed by atoms with van der Waals surface area (Å²) in [5, 5.41) is 34.7. The van der Waals surface area contributed by atoms with Crippen LogP contribution in [0, 0.1) is 0 Å². The highest BCUT2D eigenvalue weighted by molar-refractivity contribution is 7.91. The lowest BCUT2D eigenvalue weighted by molar-refractivity contribution is 0.0295. The average Bonchev–Trinajstić information content (AvgIpc) is 3.35. The smallest absolute Gasteiger partial charge is 0.206 e. The minimum absolute atomic E-state index is 0.0779. The van der Waals surface area contributed by atoms with Gasteiger partial charge >= 0.3 is 0 Å². The standard InChI is InChI=1S/C19H19N7O4S/c1-11-18(27)19(28)17(21-11)16-10-26(25-23-16)13-4-8-15(9-5-13)31(29,30)14-6-2-12(3-7-14)22-24-20/h2-11,17-19,21,27-28H,1H3/t11-,17-,18+,19-/m0/s1. The summed E-state index contributed by atoms with van der Waals surface area (Å²) < 4.78 is 27.1. The summed E-state index contributed by atoms with van der Waals surface area (Å²) in [5.41, 5.74) is 9.82. The lowest BCUT2D eigenvalue weighted by Crippen LogP contribution is -2.29. The maximum Gasteiger partial charge on any atom is 0.206 e. The molecule has 1 saturated heterocycles. The second kappa shape index (κ2) is 8.10. The monoisotopic (exact) mass is 441 g/mol. The van der Waals surface area contributed by atoms with Gasteiger partial charge in [0.1, 0.15) is 11.8 Å². The Bertz CT molecular complexity index is 1240. The first-order valence-corrected chi connectivity index (χ1v) is 10.8. The number of hydrogen-bond acceptors (Lipinski definition) is 8. The second-order valence-corrected chi connectivity index (χ2v) is 9.13. The van der Waals surface area contributed by atoms with Crippen molar-refractivity contribution >= 4 is 15.5 Å². The van der Waals surface area contributed by atoms with Gasteiger partial charge in [0.2, 0.25) is 9.84 Å². The normalized spacial score (nSPS) is 23.5. The van der Waals surface area contributed by atoms with Crippen molar-refractivity contribution < 1.29 is 18.6 Å². The molecule has 0 spiro atoms. The first kappa shape index (κ1) is 21.0. The van der Waals surface area contributed by atoms with Gasteiger partial charge in [0.15, 0.2) is 0 Å². The molecule has 0 bridgehead atoms. The van der Waals surface area contributed by atoms with Crippen molar-refractivity contribution in [2.24, 2.45) is 5.11 Å². The first-order chi connectivity index (χ1) is 14.8. The Kier molecular flexibility index (Phi) is 5.48. The maximum absolute atomic E-state index is 12.8. The van der Waals surface area contributed by atoms with Gasteiger partial charge in [0, 0.05) is 16.6 Å². The van der Waals surface area contributed by atoms with Crippen molar-refractivity contribution in [2.45, 2.75) is 41.0 Å². The lowest BCUT2D eigenvalue weighted by atomic mass is 10.1. The third-order valence-corrected chi connectivity index (χ3v) is 6.98. The highest BCUT2D eigenvalue weighted by Gasteiger charge is 2.40. The van der Waals surface area contributed by atoms with E-state index in [1.165, 1.54) is 41.1 Å². The van der Waals surface area contributed by atoms with Crippen LogP contribution in [0.2, 0.25) is 0 Å². The summed E-state index contributed by atoms with van der Waals surface area (Å²) in [7, 11) is -3.75. The van der Waals surface area contributed by atoms with Crippen LogP contribution in [0.4, 0.5) is 5.69 Å². The lowest BCUT2D eigenvalue weighted by Gasteiger charge is -2.12. The van der Waals surface area contributed by atoms with E-state index in [2.05, 4.69) is 25.7 Å². The Morgan fingerprint density at radius 2 is 1.68 bits per heavy atom. The summed E-state index contributed by atoms with van der Waals surface area (Å²) in [6, 6.07) is 10.9. The Labute approximate surface area is 177 Å². The molecule has 1 aliphatic heterocycles. The molecule has 0 saturated carbocycles. The van der Waals surface area contributed by atoms with E-state index in [9.17, 15) is 18.6 Å². The van der Waals surface area contributed by atoms with Crippen LogP contribution in [0.3, 0.4) is 0 Å². The number of aliphatic hydroxyl groups excluding tert-OH is 2. The minimum atomic E-state index is -3.75. The fourth-order valence-corrected chi connectivity index (χ4v) is 4.70. The Morgan fingerprint density at radius 1 is 1.06 bits per heavy atom. The van der Waals surface area contributed by atoms with Gasteiger partial charge in [-0.2, -0.15) is 0 Å². The Morgan fingerprint density at radius 3 is 2.23 bits per heavy atom. The molecule has 1 aliphatic rings. The van der Waals surface area contributed by atoms with Crippen molar-refractivity contribution in [3.05, 3.63) is 70.9 Å². The number of rotatable bonds is 5. The van der Waals surface area contributed by atoms with E-state index < -0.39 is 28.1 Å². The van der Waals surface area contributed by atoms with Gasteiger partial charge in [-0.25, -0.2) is 13.1 Å². The number of nitrogens with one attached hydrogen (secondary N) is 1. The average molecular weight is 441 g/mol. The molecule has 0 radical (unpaired) electrons. The summed E-state index contributed by atoms with van der Waals surface area (Å²) in [6.45, 7) is 1.77. The van der Waals surface area contributed by atoms with Crippen molar-refractivity contribution in [3.63, 3.8) is 0 Å². The predicted octanol–water partition coefficient (Wildman–Crippen LogP) is 1.80. The molecule has 0 amide bonds.